The van der Waals surface area contributed by atoms with Crippen LogP contribution in [0.15, 0.2) is 71.4 Å². The quantitative estimate of drug-likeness (QED) is 0.0486. The van der Waals surface area contributed by atoms with Gasteiger partial charge in [-0.15, -0.1) is 0 Å². The predicted octanol–water partition coefficient (Wildman–Crippen LogP) is 7.83. The number of allylic oxidation sites excluding steroid dienone is 8. The van der Waals surface area contributed by atoms with Crippen molar-refractivity contribution in [3.8, 4) is 0 Å². The monoisotopic (exact) mass is 645 g/mol. The van der Waals surface area contributed by atoms with Gasteiger partial charge < -0.3 is 15.2 Å². The van der Waals surface area contributed by atoms with Gasteiger partial charge in [-0.3, -0.25) is 9.59 Å². The zero-order valence-corrected chi connectivity index (χ0v) is 29.8. The normalized spacial score (nSPS) is 21.7. The molecular weight excluding hydrogens is 591 g/mol. The molecule has 0 saturated heterocycles. The van der Waals surface area contributed by atoms with Gasteiger partial charge in [0.25, 0.3) is 0 Å². The number of rotatable bonds is 19. The second-order valence-electron chi connectivity index (χ2n) is 12.1. The first kappa shape index (κ1) is 39.7. The molecule has 1 aliphatic rings. The minimum absolute atomic E-state index is 0.00564. The molecule has 0 bridgehead atoms. The van der Waals surface area contributed by atoms with Crippen LogP contribution in [0.3, 0.4) is 0 Å². The number of hydrogen-bond donors (Lipinski definition) is 2. The van der Waals surface area contributed by atoms with Crippen LogP contribution in [0.25, 0.3) is 0 Å². The molecule has 44 heavy (non-hydrogen) atoms. The van der Waals surface area contributed by atoms with Crippen molar-refractivity contribution in [3.05, 3.63) is 71.4 Å². The highest BCUT2D eigenvalue weighted by Crippen LogP contribution is 2.24. The summed E-state index contributed by atoms with van der Waals surface area (Å²) in [6.45, 7) is 18.4. The molecule has 0 aromatic rings. The van der Waals surface area contributed by atoms with E-state index >= 15 is 0 Å². The number of ether oxygens (including phenoxy) is 1. The third-order valence-corrected chi connectivity index (χ3v) is 9.98. The summed E-state index contributed by atoms with van der Waals surface area (Å²) in [4.78, 5) is 36.8. The number of hydrogen-bond acceptors (Lipinski definition) is 7. The number of carbonyl (C=O) groups is 3. The molecule has 2 N–H and O–H groups in total. The summed E-state index contributed by atoms with van der Waals surface area (Å²) < 4.78 is 5.37. The molecule has 246 valence electrons. The third kappa shape index (κ3) is 16.1. The second kappa shape index (κ2) is 21.4. The highest BCUT2D eigenvalue weighted by atomic mass is 33.1. The maximum Gasteiger partial charge on any atom is 0.331 e. The Hall–Kier alpha value is -2.29. The molecule has 0 aromatic heterocycles. The highest BCUT2D eigenvalue weighted by molar-refractivity contribution is 8.76. The molecule has 7 atom stereocenters. The summed E-state index contributed by atoms with van der Waals surface area (Å²) in [5, 5.41) is 13.8. The van der Waals surface area contributed by atoms with Gasteiger partial charge in [0.05, 0.1) is 6.10 Å². The molecule has 0 saturated carbocycles. The van der Waals surface area contributed by atoms with Gasteiger partial charge in [0.15, 0.2) is 0 Å². The minimum atomic E-state index is -0.794. The molecule has 1 heterocycles. The van der Waals surface area contributed by atoms with Crippen molar-refractivity contribution < 1.29 is 24.2 Å². The second-order valence-corrected chi connectivity index (χ2v) is 14.9. The first-order chi connectivity index (χ1) is 20.7. The van der Waals surface area contributed by atoms with Gasteiger partial charge in [-0.05, 0) is 51.5 Å². The van der Waals surface area contributed by atoms with Gasteiger partial charge in [0, 0.05) is 48.0 Å². The van der Waals surface area contributed by atoms with E-state index in [1.165, 1.54) is 6.08 Å². The number of aliphatic hydroxyl groups is 1. The van der Waals surface area contributed by atoms with Crippen molar-refractivity contribution in [2.75, 3.05) is 18.1 Å². The lowest BCUT2D eigenvalue weighted by molar-refractivity contribution is -0.143. The van der Waals surface area contributed by atoms with Crippen LogP contribution in [0.1, 0.15) is 75.2 Å². The van der Waals surface area contributed by atoms with Crippen LogP contribution in [-0.4, -0.2) is 53.0 Å². The maximum atomic E-state index is 13.1. The Morgan fingerprint density at radius 1 is 1.07 bits per heavy atom. The number of carbonyl (C=O) groups excluding carboxylic acids is 3. The van der Waals surface area contributed by atoms with E-state index in [2.05, 4.69) is 31.3 Å². The molecule has 8 heteroatoms. The van der Waals surface area contributed by atoms with Crippen LogP contribution in [0.2, 0.25) is 0 Å². The smallest absolute Gasteiger partial charge is 0.331 e. The Kier molecular flexibility index (Phi) is 19.4. The molecule has 6 nitrogen and oxygen atoms in total. The van der Waals surface area contributed by atoms with Crippen molar-refractivity contribution in [3.63, 3.8) is 0 Å². The Morgan fingerprint density at radius 3 is 2.43 bits per heavy atom. The zero-order valence-electron chi connectivity index (χ0n) is 28.2. The van der Waals surface area contributed by atoms with E-state index in [4.69, 9.17) is 4.74 Å². The largest absolute Gasteiger partial charge is 0.454 e. The fraction of sp³-hybridized carbons (Fsp3) is 0.583. The minimum Gasteiger partial charge on any atom is -0.454 e. The number of ketones is 1. The number of nitrogens with one attached hydrogen (secondary N) is 1. The Labute approximate surface area is 274 Å². The number of aliphatic hydroxyl groups excluding tert-OH is 1. The van der Waals surface area contributed by atoms with Crippen LogP contribution in [0, 0.1) is 29.6 Å². The van der Waals surface area contributed by atoms with Crippen molar-refractivity contribution in [1.29, 1.82) is 0 Å². The van der Waals surface area contributed by atoms with E-state index in [9.17, 15) is 19.5 Å². The summed E-state index contributed by atoms with van der Waals surface area (Å²) in [5.74, 6) is 0.979. The lowest BCUT2D eigenvalue weighted by Crippen LogP contribution is -2.34. The van der Waals surface area contributed by atoms with E-state index < -0.39 is 12.0 Å². The van der Waals surface area contributed by atoms with Gasteiger partial charge in [0.1, 0.15) is 11.9 Å². The van der Waals surface area contributed by atoms with Gasteiger partial charge in [0.2, 0.25) is 5.91 Å². The summed E-state index contributed by atoms with van der Waals surface area (Å²) in [5.41, 5.74) is 3.00. The number of esters is 1. The SMILES string of the molecule is CCSSCCNC(=O)C=C(C)C[C@H](C)C(O)[C@H](C)C(=O)[C@H](C)C=C(C)C=CCC(C)C=C(C)C=CC1OC(=O)C=C[C@@H]1C. The lowest BCUT2D eigenvalue weighted by Gasteiger charge is -2.25. The fourth-order valence-corrected chi connectivity index (χ4v) is 6.62. The zero-order chi connectivity index (χ0) is 33.2. The van der Waals surface area contributed by atoms with E-state index in [0.29, 0.717) is 18.9 Å². The molecule has 0 spiro atoms. The van der Waals surface area contributed by atoms with Crippen LogP contribution in [0.5, 0.6) is 0 Å². The molecule has 0 fully saturated rings. The Morgan fingerprint density at radius 2 is 1.75 bits per heavy atom. The third-order valence-electron chi connectivity index (χ3n) is 7.50. The molecule has 1 aliphatic heterocycles. The van der Waals surface area contributed by atoms with E-state index in [-0.39, 0.29) is 41.5 Å². The fourth-order valence-electron chi connectivity index (χ4n) is 5.05. The van der Waals surface area contributed by atoms with Crippen molar-refractivity contribution in [1.82, 2.24) is 5.32 Å². The van der Waals surface area contributed by atoms with Crippen LogP contribution in [0.4, 0.5) is 0 Å². The Bertz CT molecular complexity index is 1120. The maximum absolute atomic E-state index is 13.1. The average Bonchev–Trinajstić information content (AvgIpc) is 2.95. The molecular formula is C36H55NO5S2. The standard InChI is InChI=1S/C36H55NO5S2/c1-10-43-44-19-18-37-33(38)23-27(5)22-30(8)36(41)31(9)35(40)29(7)21-25(3)13-11-12-24(2)20-26(4)14-16-32-28(6)15-17-34(39)42-32/h11,13-17,20-21,23-24,28-32,36,41H,10,12,18-19,22H2,1-9H3,(H,37,38)/t24?,28-,29+,30-,31+,32?,36?/m0/s1. The van der Waals surface area contributed by atoms with Gasteiger partial charge >= 0.3 is 5.97 Å². The molecule has 0 aliphatic carbocycles. The van der Waals surface area contributed by atoms with Gasteiger partial charge in [-0.25, -0.2) is 4.79 Å². The van der Waals surface area contributed by atoms with Crippen molar-refractivity contribution in [2.24, 2.45) is 29.6 Å². The van der Waals surface area contributed by atoms with Crippen LogP contribution in [-0.2, 0) is 19.1 Å². The van der Waals surface area contributed by atoms with Gasteiger partial charge in [-0.2, -0.15) is 0 Å². The molecule has 0 aromatic carbocycles. The van der Waals surface area contributed by atoms with Crippen molar-refractivity contribution in [2.45, 2.75) is 87.4 Å². The molecule has 1 rings (SSSR count). The van der Waals surface area contributed by atoms with Crippen LogP contribution >= 0.6 is 21.6 Å². The topological polar surface area (TPSA) is 92.7 Å². The summed E-state index contributed by atoms with van der Waals surface area (Å²) in [6.07, 6.45) is 17.6. The first-order valence-electron chi connectivity index (χ1n) is 15.8. The number of cyclic esters (lactones) is 1. The molecule has 3 unspecified atom stereocenters. The summed E-state index contributed by atoms with van der Waals surface area (Å²) in [6, 6.07) is 0. The highest BCUT2D eigenvalue weighted by Gasteiger charge is 2.29. The Balaban J connectivity index is 2.58. The van der Waals surface area contributed by atoms with Crippen molar-refractivity contribution >= 4 is 39.2 Å². The van der Waals surface area contributed by atoms with Gasteiger partial charge in [-0.1, -0.05) is 116 Å². The molecule has 1 amide bonds. The van der Waals surface area contributed by atoms with E-state index in [1.54, 1.807) is 34.6 Å². The predicted molar refractivity (Wildman–Crippen MR) is 188 cm³/mol. The van der Waals surface area contributed by atoms with Crippen LogP contribution < -0.4 is 5.32 Å². The summed E-state index contributed by atoms with van der Waals surface area (Å²) >= 11 is 0. The first-order valence-corrected chi connectivity index (χ1v) is 18.2. The number of Topliss-reactive ketones (excluding diaryl/α,β-unsaturated/α-hetero) is 1. The average molecular weight is 646 g/mol. The summed E-state index contributed by atoms with van der Waals surface area (Å²) in [7, 11) is 3.52. The van der Waals surface area contributed by atoms with E-state index in [0.717, 1.165) is 34.6 Å². The molecule has 0 radical (unpaired) electrons. The number of amides is 1. The lowest BCUT2D eigenvalue weighted by atomic mass is 9.83. The van der Waals surface area contributed by atoms with E-state index in [1.807, 2.05) is 71.9 Å².